The number of allylic oxidation sites excluding steroid dienone is 1. The molecule has 0 saturated carbocycles. The van der Waals surface area contributed by atoms with Crippen LogP contribution in [-0.4, -0.2) is 35.6 Å². The number of carbonyl (C=O) groups is 2. The molecule has 0 unspecified atom stereocenters. The fourth-order valence-electron chi connectivity index (χ4n) is 3.25. The SMILES string of the molecule is C/C(C=O)=C\N=c1\cc(-c2cccc(B3OC(C)(C)C(C)(C)O3)c2C)ccn1C=O. The third-order valence-electron chi connectivity index (χ3n) is 5.86. The van der Waals surface area contributed by atoms with Gasteiger partial charge in [0.2, 0.25) is 6.41 Å². The number of benzene rings is 1. The summed E-state index contributed by atoms with van der Waals surface area (Å²) >= 11 is 0. The molecular weight excluding hydrogens is 379 g/mol. The molecule has 1 aromatic carbocycles. The number of pyridine rings is 1. The molecule has 0 amide bonds. The van der Waals surface area contributed by atoms with Crippen molar-refractivity contribution in [1.82, 2.24) is 4.57 Å². The Kier molecular flexibility index (Phi) is 5.97. The molecule has 0 spiro atoms. The molecule has 3 rings (SSSR count). The van der Waals surface area contributed by atoms with Crippen LogP contribution in [0.1, 0.15) is 40.2 Å². The maximum atomic E-state index is 11.4. The molecular formula is C23H27BN2O4. The molecule has 1 saturated heterocycles. The minimum atomic E-state index is -0.457. The van der Waals surface area contributed by atoms with E-state index in [1.54, 1.807) is 13.1 Å². The summed E-state index contributed by atoms with van der Waals surface area (Å²) in [6.45, 7) is 11.8. The van der Waals surface area contributed by atoms with E-state index in [1.807, 2.05) is 65.0 Å². The number of aromatic nitrogens is 1. The third kappa shape index (κ3) is 4.08. The Bertz CT molecular complexity index is 1070. The van der Waals surface area contributed by atoms with E-state index in [0.29, 0.717) is 17.5 Å². The molecule has 0 aliphatic carbocycles. The minimum Gasteiger partial charge on any atom is -0.399 e. The van der Waals surface area contributed by atoms with E-state index in [4.69, 9.17) is 9.31 Å². The molecule has 0 N–H and O–H groups in total. The molecule has 1 fully saturated rings. The molecule has 6 nitrogen and oxygen atoms in total. The number of carbonyl (C=O) groups excluding carboxylic acids is 2. The van der Waals surface area contributed by atoms with Crippen molar-refractivity contribution in [3.8, 4) is 11.1 Å². The van der Waals surface area contributed by atoms with Gasteiger partial charge in [-0.1, -0.05) is 18.2 Å². The smallest absolute Gasteiger partial charge is 0.399 e. The number of nitrogens with zero attached hydrogens (tertiary/aromatic N) is 2. The van der Waals surface area contributed by atoms with Crippen LogP contribution in [0.5, 0.6) is 0 Å². The van der Waals surface area contributed by atoms with E-state index < -0.39 is 18.3 Å². The van der Waals surface area contributed by atoms with Crippen molar-refractivity contribution in [2.24, 2.45) is 4.99 Å². The first-order valence-corrected chi connectivity index (χ1v) is 9.88. The maximum absolute atomic E-state index is 11.4. The van der Waals surface area contributed by atoms with Gasteiger partial charge < -0.3 is 9.31 Å². The van der Waals surface area contributed by atoms with Gasteiger partial charge >= 0.3 is 7.12 Å². The Labute approximate surface area is 177 Å². The lowest BCUT2D eigenvalue weighted by atomic mass is 9.74. The Hall–Kier alpha value is -2.77. The van der Waals surface area contributed by atoms with Crippen LogP contribution in [0.3, 0.4) is 0 Å². The van der Waals surface area contributed by atoms with Gasteiger partial charge in [0.15, 0.2) is 0 Å². The van der Waals surface area contributed by atoms with E-state index in [9.17, 15) is 9.59 Å². The molecule has 1 aliphatic rings. The highest BCUT2D eigenvalue weighted by Gasteiger charge is 2.52. The molecule has 0 bridgehead atoms. The second-order valence-electron chi connectivity index (χ2n) is 8.51. The Morgan fingerprint density at radius 3 is 2.37 bits per heavy atom. The van der Waals surface area contributed by atoms with Gasteiger partial charge in [0, 0.05) is 18.0 Å². The second-order valence-corrected chi connectivity index (χ2v) is 8.51. The van der Waals surface area contributed by atoms with Crippen LogP contribution in [-0.2, 0) is 18.9 Å². The topological polar surface area (TPSA) is 69.9 Å². The highest BCUT2D eigenvalue weighted by molar-refractivity contribution is 6.62. The van der Waals surface area contributed by atoms with E-state index in [-0.39, 0.29) is 0 Å². The fourth-order valence-corrected chi connectivity index (χ4v) is 3.25. The maximum Gasteiger partial charge on any atom is 0.495 e. The first kappa shape index (κ1) is 21.9. The van der Waals surface area contributed by atoms with Crippen LogP contribution in [0.2, 0.25) is 0 Å². The zero-order valence-electron chi connectivity index (χ0n) is 18.3. The number of hydrogen-bond acceptors (Lipinski definition) is 5. The first-order valence-electron chi connectivity index (χ1n) is 9.88. The Morgan fingerprint density at radius 1 is 1.10 bits per heavy atom. The van der Waals surface area contributed by atoms with Crippen LogP contribution in [0.15, 0.2) is 53.3 Å². The largest absolute Gasteiger partial charge is 0.495 e. The van der Waals surface area contributed by atoms with Crippen LogP contribution in [0.25, 0.3) is 11.1 Å². The summed E-state index contributed by atoms with van der Waals surface area (Å²) in [4.78, 5) is 26.5. The molecule has 0 radical (unpaired) electrons. The van der Waals surface area contributed by atoms with Crippen molar-refractivity contribution < 1.29 is 18.9 Å². The summed E-state index contributed by atoms with van der Waals surface area (Å²) in [5.74, 6) is 0. The zero-order valence-corrected chi connectivity index (χ0v) is 18.3. The summed E-state index contributed by atoms with van der Waals surface area (Å²) in [5, 5.41) is 0. The predicted octanol–water partition coefficient (Wildman–Crippen LogP) is 2.80. The van der Waals surface area contributed by atoms with Crippen molar-refractivity contribution >= 4 is 25.3 Å². The summed E-state index contributed by atoms with van der Waals surface area (Å²) in [6, 6.07) is 9.67. The van der Waals surface area contributed by atoms with Crippen molar-refractivity contribution in [3.05, 3.63) is 59.4 Å². The van der Waals surface area contributed by atoms with Crippen molar-refractivity contribution in [3.63, 3.8) is 0 Å². The minimum absolute atomic E-state index is 0.419. The van der Waals surface area contributed by atoms with Gasteiger partial charge in [0.1, 0.15) is 11.8 Å². The molecule has 1 aromatic heterocycles. The van der Waals surface area contributed by atoms with Gasteiger partial charge in [0.05, 0.1) is 11.2 Å². The third-order valence-corrected chi connectivity index (χ3v) is 5.86. The summed E-state index contributed by atoms with van der Waals surface area (Å²) in [6.07, 6.45) is 4.50. The quantitative estimate of drug-likeness (QED) is 0.435. The number of rotatable bonds is 5. The van der Waals surface area contributed by atoms with Gasteiger partial charge in [-0.2, -0.15) is 0 Å². The lowest BCUT2D eigenvalue weighted by Crippen LogP contribution is -2.41. The van der Waals surface area contributed by atoms with Crippen molar-refractivity contribution in [2.75, 3.05) is 0 Å². The monoisotopic (exact) mass is 406 g/mol. The fraction of sp³-hybridized carbons (Fsp3) is 0.348. The number of hydrogen-bond donors (Lipinski definition) is 0. The van der Waals surface area contributed by atoms with Crippen molar-refractivity contribution in [2.45, 2.75) is 52.7 Å². The molecule has 7 heteroatoms. The van der Waals surface area contributed by atoms with E-state index in [0.717, 1.165) is 28.4 Å². The van der Waals surface area contributed by atoms with Crippen LogP contribution < -0.4 is 11.0 Å². The van der Waals surface area contributed by atoms with E-state index in [1.165, 1.54) is 10.8 Å². The van der Waals surface area contributed by atoms with Crippen LogP contribution >= 0.6 is 0 Å². The van der Waals surface area contributed by atoms with E-state index in [2.05, 4.69) is 4.99 Å². The predicted molar refractivity (Wildman–Crippen MR) is 118 cm³/mol. The van der Waals surface area contributed by atoms with Crippen molar-refractivity contribution in [1.29, 1.82) is 0 Å². The zero-order chi connectivity index (χ0) is 22.1. The Morgan fingerprint density at radius 2 is 1.77 bits per heavy atom. The van der Waals surface area contributed by atoms with Gasteiger partial charge in [-0.05, 0) is 75.8 Å². The van der Waals surface area contributed by atoms with Crippen LogP contribution in [0, 0.1) is 6.92 Å². The highest BCUT2D eigenvalue weighted by Crippen LogP contribution is 2.37. The summed E-state index contributed by atoms with van der Waals surface area (Å²) in [7, 11) is -0.457. The summed E-state index contributed by atoms with van der Waals surface area (Å²) in [5.41, 5.74) is 3.96. The van der Waals surface area contributed by atoms with Gasteiger partial charge in [-0.25, -0.2) is 4.99 Å². The van der Waals surface area contributed by atoms with E-state index >= 15 is 0 Å². The first-order chi connectivity index (χ1) is 14.1. The lowest BCUT2D eigenvalue weighted by molar-refractivity contribution is -0.104. The van der Waals surface area contributed by atoms with Gasteiger partial charge in [0.25, 0.3) is 0 Å². The molecule has 1 aliphatic heterocycles. The van der Waals surface area contributed by atoms with Gasteiger partial charge in [-0.15, -0.1) is 0 Å². The molecule has 156 valence electrons. The summed E-state index contributed by atoms with van der Waals surface area (Å²) < 4.78 is 13.8. The average molecular weight is 406 g/mol. The normalized spacial score (nSPS) is 18.5. The standard InChI is InChI=1S/C23H27BN2O4/c1-16(14-27)13-25-21-12-18(10-11-26(21)15-28)19-8-7-9-20(17(19)2)24-29-22(3,4)23(5,6)30-24/h7-15H,1-6H3/b16-13+,25-21-. The average Bonchev–Trinajstić information content (AvgIpc) is 2.92. The highest BCUT2D eigenvalue weighted by atomic mass is 16.7. The molecule has 2 aromatic rings. The molecule has 30 heavy (non-hydrogen) atoms. The molecule has 0 atom stereocenters. The Balaban J connectivity index is 2.07. The van der Waals surface area contributed by atoms with Gasteiger partial charge in [-0.3, -0.25) is 14.2 Å². The van der Waals surface area contributed by atoms with Crippen LogP contribution in [0.4, 0.5) is 0 Å². The lowest BCUT2D eigenvalue weighted by Gasteiger charge is -2.32. The number of aldehydes is 1. The second kappa shape index (κ2) is 8.16. The molecule has 2 heterocycles.